The summed E-state index contributed by atoms with van der Waals surface area (Å²) in [6.07, 6.45) is 10.3. The summed E-state index contributed by atoms with van der Waals surface area (Å²) in [5.74, 6) is 1.01. The molecule has 0 aliphatic rings. The molecule has 146 valence electrons. The molecule has 0 amide bonds. The Morgan fingerprint density at radius 3 is 2.11 bits per heavy atom. The van der Waals surface area contributed by atoms with E-state index in [1.165, 1.54) is 57.1 Å². The molecule has 4 nitrogen and oxygen atoms in total. The normalized spacial score (nSPS) is 10.6. The van der Waals surface area contributed by atoms with Crippen LogP contribution in [0, 0.1) is 0 Å². The van der Waals surface area contributed by atoms with Gasteiger partial charge >= 0.3 is 5.97 Å². The smallest absolute Gasteiger partial charge is 0.335 e. The van der Waals surface area contributed by atoms with E-state index in [0.717, 1.165) is 18.8 Å². The molecule has 0 spiro atoms. The fraction of sp³-hybridized carbons (Fsp3) is 0.435. The summed E-state index contributed by atoms with van der Waals surface area (Å²) in [6.45, 7) is 2.97. The minimum atomic E-state index is -0.967. The second-order valence-corrected chi connectivity index (χ2v) is 6.73. The summed E-state index contributed by atoms with van der Waals surface area (Å²) < 4.78 is 11.5. The molecule has 4 heteroatoms. The average Bonchev–Trinajstić information content (AvgIpc) is 2.68. The predicted octanol–water partition coefficient (Wildman–Crippen LogP) is 6.70. The molecule has 0 saturated heterocycles. The fourth-order valence-electron chi connectivity index (χ4n) is 2.86. The molecule has 0 radical (unpaired) electrons. The van der Waals surface area contributed by atoms with Crippen LogP contribution < -0.4 is 9.47 Å². The molecule has 0 saturated carbocycles. The van der Waals surface area contributed by atoms with E-state index < -0.39 is 5.97 Å². The Hall–Kier alpha value is -2.49. The maximum atomic E-state index is 11.0. The number of carbonyl (C=O) groups is 1. The number of carboxylic acid groups (broad SMARTS) is 1. The summed E-state index contributed by atoms with van der Waals surface area (Å²) in [6, 6.07) is 13.9. The van der Waals surface area contributed by atoms with Crippen LogP contribution in [0.25, 0.3) is 0 Å². The topological polar surface area (TPSA) is 55.8 Å². The van der Waals surface area contributed by atoms with Gasteiger partial charge in [0, 0.05) is 0 Å². The predicted molar refractivity (Wildman–Crippen MR) is 108 cm³/mol. The van der Waals surface area contributed by atoms with Crippen LogP contribution in [0.4, 0.5) is 0 Å². The van der Waals surface area contributed by atoms with Crippen molar-refractivity contribution in [3.05, 3.63) is 54.1 Å². The van der Waals surface area contributed by atoms with Crippen molar-refractivity contribution in [3.8, 4) is 17.2 Å². The molecule has 0 atom stereocenters. The second-order valence-electron chi connectivity index (χ2n) is 6.73. The van der Waals surface area contributed by atoms with Gasteiger partial charge in [-0.3, -0.25) is 0 Å². The molecule has 27 heavy (non-hydrogen) atoms. The average molecular weight is 370 g/mol. The van der Waals surface area contributed by atoms with Crippen molar-refractivity contribution in [2.24, 2.45) is 0 Å². The number of carboxylic acids is 1. The van der Waals surface area contributed by atoms with E-state index >= 15 is 0 Å². The number of aromatic carboxylic acids is 1. The molecule has 0 aliphatic heterocycles. The number of unbranched alkanes of at least 4 members (excludes halogenated alkanes) is 7. The van der Waals surface area contributed by atoms with Crippen LogP contribution in [0.5, 0.6) is 17.2 Å². The maximum absolute atomic E-state index is 11.0. The van der Waals surface area contributed by atoms with E-state index in [1.807, 2.05) is 24.3 Å². The van der Waals surface area contributed by atoms with Crippen LogP contribution in [0.1, 0.15) is 68.6 Å². The highest BCUT2D eigenvalue weighted by atomic mass is 16.5. The number of ether oxygens (including phenoxy) is 2. The molecule has 2 aromatic carbocycles. The molecule has 0 heterocycles. The Morgan fingerprint density at radius 1 is 0.815 bits per heavy atom. The second kappa shape index (κ2) is 12.0. The SMILES string of the molecule is CCCCCCCCCCOc1ccc(Oc2cccc(C(=O)O)c2)cc1. The van der Waals surface area contributed by atoms with Crippen molar-refractivity contribution in [2.45, 2.75) is 58.3 Å². The van der Waals surface area contributed by atoms with E-state index in [1.54, 1.807) is 12.1 Å². The first-order chi connectivity index (χ1) is 13.2. The van der Waals surface area contributed by atoms with Gasteiger partial charge in [-0.1, -0.05) is 57.9 Å². The third-order valence-electron chi connectivity index (χ3n) is 4.41. The Bertz CT molecular complexity index is 679. The van der Waals surface area contributed by atoms with Crippen molar-refractivity contribution >= 4 is 5.97 Å². The molecule has 0 bridgehead atoms. The molecular weight excluding hydrogens is 340 g/mol. The van der Waals surface area contributed by atoms with E-state index in [4.69, 9.17) is 14.6 Å². The van der Waals surface area contributed by atoms with Gasteiger partial charge in [0.2, 0.25) is 0 Å². The number of hydrogen-bond donors (Lipinski definition) is 1. The Balaban J connectivity index is 1.66. The number of hydrogen-bond acceptors (Lipinski definition) is 3. The molecule has 0 fully saturated rings. The van der Waals surface area contributed by atoms with Gasteiger partial charge in [-0.25, -0.2) is 4.79 Å². The van der Waals surface area contributed by atoms with Crippen LogP contribution in [0.3, 0.4) is 0 Å². The summed E-state index contributed by atoms with van der Waals surface area (Å²) in [4.78, 5) is 11.0. The van der Waals surface area contributed by atoms with Crippen molar-refractivity contribution in [1.29, 1.82) is 0 Å². The monoisotopic (exact) mass is 370 g/mol. The lowest BCUT2D eigenvalue weighted by molar-refractivity contribution is 0.0696. The van der Waals surface area contributed by atoms with Crippen LogP contribution >= 0.6 is 0 Å². The van der Waals surface area contributed by atoms with Crippen molar-refractivity contribution < 1.29 is 19.4 Å². The third kappa shape index (κ3) is 8.16. The van der Waals surface area contributed by atoms with E-state index in [9.17, 15) is 4.79 Å². The quantitative estimate of drug-likeness (QED) is 0.399. The van der Waals surface area contributed by atoms with Crippen LogP contribution in [0.15, 0.2) is 48.5 Å². The maximum Gasteiger partial charge on any atom is 0.335 e. The van der Waals surface area contributed by atoms with Crippen LogP contribution in [0.2, 0.25) is 0 Å². The minimum absolute atomic E-state index is 0.206. The van der Waals surface area contributed by atoms with Gasteiger partial charge in [-0.05, 0) is 48.9 Å². The van der Waals surface area contributed by atoms with Gasteiger partial charge < -0.3 is 14.6 Å². The van der Waals surface area contributed by atoms with E-state index in [-0.39, 0.29) is 5.56 Å². The first-order valence-electron chi connectivity index (χ1n) is 9.93. The highest BCUT2D eigenvalue weighted by molar-refractivity contribution is 5.88. The van der Waals surface area contributed by atoms with Gasteiger partial charge in [-0.15, -0.1) is 0 Å². The van der Waals surface area contributed by atoms with Gasteiger partial charge in [0.25, 0.3) is 0 Å². The molecule has 2 aromatic rings. The van der Waals surface area contributed by atoms with Gasteiger partial charge in [0.1, 0.15) is 17.2 Å². The zero-order chi connectivity index (χ0) is 19.3. The molecule has 0 unspecified atom stereocenters. The van der Waals surface area contributed by atoms with E-state index in [2.05, 4.69) is 6.92 Å². The van der Waals surface area contributed by atoms with Gasteiger partial charge in [-0.2, -0.15) is 0 Å². The van der Waals surface area contributed by atoms with E-state index in [0.29, 0.717) is 11.5 Å². The highest BCUT2D eigenvalue weighted by Crippen LogP contribution is 2.24. The highest BCUT2D eigenvalue weighted by Gasteiger charge is 2.05. The number of rotatable bonds is 13. The summed E-state index contributed by atoms with van der Waals surface area (Å²) in [5, 5.41) is 9.02. The van der Waals surface area contributed by atoms with Crippen molar-refractivity contribution in [2.75, 3.05) is 6.61 Å². The lowest BCUT2D eigenvalue weighted by Crippen LogP contribution is -1.97. The van der Waals surface area contributed by atoms with Crippen molar-refractivity contribution in [1.82, 2.24) is 0 Å². The first-order valence-corrected chi connectivity index (χ1v) is 9.93. The summed E-state index contributed by atoms with van der Waals surface area (Å²) in [7, 11) is 0. The Labute approximate surface area is 162 Å². The van der Waals surface area contributed by atoms with Gasteiger partial charge in [0.05, 0.1) is 12.2 Å². The molecule has 2 rings (SSSR count). The fourth-order valence-corrected chi connectivity index (χ4v) is 2.86. The molecule has 1 N–H and O–H groups in total. The van der Waals surface area contributed by atoms with Crippen molar-refractivity contribution in [3.63, 3.8) is 0 Å². The first kappa shape index (κ1) is 20.8. The Morgan fingerprint density at radius 2 is 1.44 bits per heavy atom. The number of benzene rings is 2. The van der Waals surface area contributed by atoms with Crippen LogP contribution in [-0.2, 0) is 0 Å². The molecule has 0 aromatic heterocycles. The summed E-state index contributed by atoms with van der Waals surface area (Å²) >= 11 is 0. The summed E-state index contributed by atoms with van der Waals surface area (Å²) in [5.41, 5.74) is 0.206. The van der Waals surface area contributed by atoms with Crippen LogP contribution in [-0.4, -0.2) is 17.7 Å². The standard InChI is InChI=1S/C23H30O4/c1-2-3-4-5-6-7-8-9-17-26-20-13-15-21(16-14-20)27-22-12-10-11-19(18-22)23(24)25/h10-16,18H,2-9,17H2,1H3,(H,24,25). The zero-order valence-corrected chi connectivity index (χ0v) is 16.2. The Kier molecular flexibility index (Phi) is 9.25. The third-order valence-corrected chi connectivity index (χ3v) is 4.41. The lowest BCUT2D eigenvalue weighted by Gasteiger charge is -2.09. The zero-order valence-electron chi connectivity index (χ0n) is 16.2. The van der Waals surface area contributed by atoms with Gasteiger partial charge in [0.15, 0.2) is 0 Å². The lowest BCUT2D eigenvalue weighted by atomic mass is 10.1. The molecular formula is C23H30O4. The molecule has 0 aliphatic carbocycles. The minimum Gasteiger partial charge on any atom is -0.494 e. The largest absolute Gasteiger partial charge is 0.494 e.